The molecule has 4 aromatic carbocycles. The number of aliphatic hydroxyl groups is 1. The summed E-state index contributed by atoms with van der Waals surface area (Å²) in [6.07, 6.45) is 3.28. The molecule has 0 saturated carbocycles. The number of hydrogen-bond donors (Lipinski definition) is 2. The Bertz CT molecular complexity index is 1990. The number of pyridine rings is 1. The summed E-state index contributed by atoms with van der Waals surface area (Å²) in [5.41, 5.74) is 7.64. The fraction of sp³-hybridized carbons (Fsp3) is 0.179. The van der Waals surface area contributed by atoms with Crippen LogP contribution in [0.2, 0.25) is 0 Å². The number of hydrogen-bond acceptors (Lipinski definition) is 8. The normalized spacial score (nSPS) is 17.6. The van der Waals surface area contributed by atoms with Gasteiger partial charge in [-0.25, -0.2) is 9.97 Å². The Balaban J connectivity index is 1.03. The number of rotatable bonds is 10. The van der Waals surface area contributed by atoms with Gasteiger partial charge in [0.1, 0.15) is 5.69 Å². The van der Waals surface area contributed by atoms with Gasteiger partial charge in [-0.1, -0.05) is 84.9 Å². The van der Waals surface area contributed by atoms with Gasteiger partial charge in [-0.2, -0.15) is 0 Å². The maximum atomic E-state index is 12.8. The Kier molecular flexibility index (Phi) is 9.81. The zero-order valence-corrected chi connectivity index (χ0v) is 26.9. The van der Waals surface area contributed by atoms with Crippen LogP contribution < -0.4 is 5.32 Å². The molecule has 3 heterocycles. The van der Waals surface area contributed by atoms with Crippen LogP contribution in [0.3, 0.4) is 0 Å². The van der Waals surface area contributed by atoms with Gasteiger partial charge in [-0.05, 0) is 58.1 Å². The van der Waals surface area contributed by atoms with E-state index < -0.39 is 6.29 Å². The summed E-state index contributed by atoms with van der Waals surface area (Å²) in [4.78, 5) is 26.1. The molecule has 0 radical (unpaired) electrons. The molecule has 2 N–H and O–H groups in total. The number of para-hydroxylation sites is 2. The number of fused-ring (bicyclic) bond motifs is 1. The first-order chi connectivity index (χ1) is 23.6. The number of carbonyl (C=O) groups excluding carboxylic acids is 1. The number of benzene rings is 4. The summed E-state index contributed by atoms with van der Waals surface area (Å²) in [7, 11) is 0. The molecule has 1 aliphatic heterocycles. The van der Waals surface area contributed by atoms with E-state index in [1.165, 1.54) is 6.20 Å². The highest BCUT2D eigenvalue weighted by Gasteiger charge is 2.32. The van der Waals surface area contributed by atoms with Crippen LogP contribution in [0.5, 0.6) is 0 Å². The van der Waals surface area contributed by atoms with Gasteiger partial charge < -0.3 is 19.9 Å². The molecule has 48 heavy (non-hydrogen) atoms. The van der Waals surface area contributed by atoms with Crippen molar-refractivity contribution in [1.29, 1.82) is 0 Å². The molecule has 1 fully saturated rings. The van der Waals surface area contributed by atoms with Crippen LogP contribution in [-0.4, -0.2) is 37.8 Å². The second-order valence-electron chi connectivity index (χ2n) is 11.6. The Labute approximate surface area is 283 Å². The zero-order valence-electron chi connectivity index (χ0n) is 26.1. The number of nitrogens with zero attached hydrogens (tertiary/aromatic N) is 3. The molecule has 7 rings (SSSR count). The van der Waals surface area contributed by atoms with Crippen molar-refractivity contribution in [3.8, 4) is 11.1 Å². The molecule has 0 unspecified atom stereocenters. The third-order valence-electron chi connectivity index (χ3n) is 8.25. The van der Waals surface area contributed by atoms with E-state index in [9.17, 15) is 9.90 Å². The number of ether oxygens (including phenoxy) is 2. The van der Waals surface area contributed by atoms with Crippen molar-refractivity contribution in [3.05, 3.63) is 156 Å². The van der Waals surface area contributed by atoms with E-state index in [2.05, 4.69) is 44.5 Å². The molecular weight excluding hydrogens is 621 g/mol. The van der Waals surface area contributed by atoms with Crippen molar-refractivity contribution in [3.63, 3.8) is 0 Å². The highest BCUT2D eigenvalue weighted by Crippen LogP contribution is 2.39. The molecular formula is C39H34N4O4S. The van der Waals surface area contributed by atoms with Crippen LogP contribution in [0.1, 0.15) is 51.6 Å². The third kappa shape index (κ3) is 7.61. The fourth-order valence-corrected chi connectivity index (χ4v) is 6.55. The first-order valence-corrected chi connectivity index (χ1v) is 16.8. The number of amides is 1. The molecule has 1 aliphatic rings. The number of carbonyl (C=O) groups is 1. The summed E-state index contributed by atoms with van der Waals surface area (Å²) < 4.78 is 13.0. The Morgan fingerprint density at radius 1 is 0.792 bits per heavy atom. The lowest BCUT2D eigenvalue weighted by Crippen LogP contribution is -2.31. The minimum atomic E-state index is -0.538. The number of thioether (sulfide) groups is 1. The lowest BCUT2D eigenvalue weighted by atomic mass is 9.99. The van der Waals surface area contributed by atoms with E-state index >= 15 is 0 Å². The minimum absolute atomic E-state index is 0.00525. The van der Waals surface area contributed by atoms with Gasteiger partial charge >= 0.3 is 0 Å². The lowest BCUT2D eigenvalue weighted by molar-refractivity contribution is -0.245. The van der Waals surface area contributed by atoms with Crippen LogP contribution >= 0.6 is 11.8 Å². The summed E-state index contributed by atoms with van der Waals surface area (Å²) in [6, 6.07) is 37.7. The topological polar surface area (TPSA) is 106 Å². The zero-order chi connectivity index (χ0) is 32.7. The molecule has 9 heteroatoms. The number of aromatic nitrogens is 3. The van der Waals surface area contributed by atoms with Crippen LogP contribution in [0.25, 0.3) is 22.2 Å². The van der Waals surface area contributed by atoms with E-state index in [0.717, 1.165) is 49.7 Å². The van der Waals surface area contributed by atoms with Gasteiger partial charge in [0, 0.05) is 30.5 Å². The third-order valence-corrected chi connectivity index (χ3v) is 9.32. The molecule has 0 aliphatic carbocycles. The fourth-order valence-electron chi connectivity index (χ4n) is 5.67. The standard InChI is InChI=1S/C39H34N4O4S/c44-24-26-11-13-29(14-12-26)36-21-32(25-48-37-10-3-4-19-40-37)46-39(47-36)30-17-15-28(16-18-30)31-7-5-6-27(20-31)22-42-38(45)35-23-41-33-8-1-2-9-34(33)43-35/h1-20,23,32,36,39,44H,21-22,24-25H2,(H,42,45)/t32-,36+,39+/m1/s1. The summed E-state index contributed by atoms with van der Waals surface area (Å²) >= 11 is 1.68. The monoisotopic (exact) mass is 654 g/mol. The predicted molar refractivity (Wildman–Crippen MR) is 186 cm³/mol. The number of aliphatic hydroxyl groups excluding tert-OH is 1. The van der Waals surface area contributed by atoms with Crippen LogP contribution in [0.15, 0.2) is 133 Å². The van der Waals surface area contributed by atoms with Crippen molar-refractivity contribution in [2.75, 3.05) is 5.75 Å². The molecule has 1 amide bonds. The quantitative estimate of drug-likeness (QED) is 0.147. The SMILES string of the molecule is O=C(NCc1cccc(-c2ccc([C@H]3O[C@@H](CSc4ccccn4)C[C@@H](c4ccc(CO)cc4)O3)cc2)c1)c1cnc2ccccc2n1. The van der Waals surface area contributed by atoms with E-state index in [4.69, 9.17) is 9.47 Å². The van der Waals surface area contributed by atoms with Gasteiger partial charge in [0.15, 0.2) is 6.29 Å². The van der Waals surface area contributed by atoms with Gasteiger partial charge in [0.25, 0.3) is 5.91 Å². The van der Waals surface area contributed by atoms with Gasteiger partial charge in [0.2, 0.25) is 0 Å². The first-order valence-electron chi connectivity index (χ1n) is 15.8. The minimum Gasteiger partial charge on any atom is -0.392 e. The Hall–Kier alpha value is -4.93. The van der Waals surface area contributed by atoms with Crippen molar-refractivity contribution in [2.24, 2.45) is 0 Å². The second-order valence-corrected chi connectivity index (χ2v) is 12.6. The molecule has 3 atom stereocenters. The second kappa shape index (κ2) is 14.9. The van der Waals surface area contributed by atoms with Crippen LogP contribution in [0, 0.1) is 0 Å². The van der Waals surface area contributed by atoms with Gasteiger partial charge in [-0.3, -0.25) is 9.78 Å². The van der Waals surface area contributed by atoms with Crippen LogP contribution in [0.4, 0.5) is 0 Å². The smallest absolute Gasteiger partial charge is 0.271 e. The van der Waals surface area contributed by atoms with Gasteiger partial charge in [0.05, 0.1) is 41.1 Å². The maximum absolute atomic E-state index is 12.8. The molecule has 0 bridgehead atoms. The summed E-state index contributed by atoms with van der Waals surface area (Å²) in [5.74, 6) is 0.478. The Morgan fingerprint density at radius 2 is 1.58 bits per heavy atom. The highest BCUT2D eigenvalue weighted by atomic mass is 32.2. The highest BCUT2D eigenvalue weighted by molar-refractivity contribution is 7.99. The predicted octanol–water partition coefficient (Wildman–Crippen LogP) is 7.45. The maximum Gasteiger partial charge on any atom is 0.271 e. The van der Waals surface area contributed by atoms with Crippen LogP contribution in [-0.2, 0) is 22.6 Å². The molecule has 1 saturated heterocycles. The first kappa shape index (κ1) is 31.7. The van der Waals surface area contributed by atoms with Crippen molar-refractivity contribution >= 4 is 28.7 Å². The van der Waals surface area contributed by atoms with E-state index in [0.29, 0.717) is 18.5 Å². The Morgan fingerprint density at radius 3 is 2.38 bits per heavy atom. The molecule has 8 nitrogen and oxygen atoms in total. The molecule has 2 aromatic heterocycles. The average molecular weight is 655 g/mol. The average Bonchev–Trinajstić information content (AvgIpc) is 3.16. The number of nitrogens with one attached hydrogen (secondary N) is 1. The van der Waals surface area contributed by atoms with Crippen molar-refractivity contribution < 1.29 is 19.4 Å². The summed E-state index contributed by atoms with van der Waals surface area (Å²) in [5, 5.41) is 13.4. The van der Waals surface area contributed by atoms with E-state index in [1.807, 2.05) is 91.0 Å². The van der Waals surface area contributed by atoms with E-state index in [1.54, 1.807) is 18.0 Å². The summed E-state index contributed by atoms with van der Waals surface area (Å²) in [6.45, 7) is 0.368. The van der Waals surface area contributed by atoms with E-state index in [-0.39, 0.29) is 30.4 Å². The molecule has 240 valence electrons. The van der Waals surface area contributed by atoms with Gasteiger partial charge in [-0.15, -0.1) is 11.8 Å². The van der Waals surface area contributed by atoms with Crippen molar-refractivity contribution in [2.45, 2.75) is 43.1 Å². The largest absolute Gasteiger partial charge is 0.392 e. The van der Waals surface area contributed by atoms with Crippen molar-refractivity contribution in [1.82, 2.24) is 20.3 Å². The lowest BCUT2D eigenvalue weighted by Gasteiger charge is -2.36. The molecule has 6 aromatic rings. The molecule has 0 spiro atoms.